The Morgan fingerprint density at radius 2 is 1.95 bits per heavy atom. The molecule has 2 aromatic heterocycles. The quantitative estimate of drug-likeness (QED) is 0.188. The van der Waals surface area contributed by atoms with Crippen molar-refractivity contribution in [3.63, 3.8) is 0 Å². The molecule has 0 aliphatic carbocycles. The summed E-state index contributed by atoms with van der Waals surface area (Å²) in [5, 5.41) is 3.89. The highest BCUT2D eigenvalue weighted by Gasteiger charge is 2.19. The molecular weight excluding hydrogens is 506 g/mol. The van der Waals surface area contributed by atoms with E-state index in [1.54, 1.807) is 30.7 Å². The first-order valence-corrected chi connectivity index (χ1v) is 14.2. The molecule has 37 heavy (non-hydrogen) atoms. The summed E-state index contributed by atoms with van der Waals surface area (Å²) in [6.45, 7) is 13.4. The summed E-state index contributed by atoms with van der Waals surface area (Å²) in [5.74, 6) is 1.12. The Morgan fingerprint density at radius 1 is 1.19 bits per heavy atom. The zero-order chi connectivity index (χ0) is 27.4. The van der Waals surface area contributed by atoms with E-state index in [0.29, 0.717) is 35.6 Å². The molecule has 3 rings (SSSR count). The van der Waals surface area contributed by atoms with E-state index in [4.69, 9.17) is 19.2 Å². The first-order valence-electron chi connectivity index (χ1n) is 12.2. The molecule has 0 saturated heterocycles. The highest BCUT2D eigenvalue weighted by Crippen LogP contribution is 2.36. The molecular formula is C28H37N3O4S2. The molecule has 7 nitrogen and oxygen atoms in total. The number of ether oxygens (including phenoxy) is 3. The maximum absolute atomic E-state index is 12.5. The van der Waals surface area contributed by atoms with Gasteiger partial charge in [-0.1, -0.05) is 46.4 Å². The SMILES string of the molecule is C=C(SC)c1cnc(Nc2nc(-c3cccc(OCCOC)c3)c(CC(C)C)s2)c(C(=O)OC)c1.CC. The Labute approximate surface area is 228 Å². The van der Waals surface area contributed by atoms with Crippen LogP contribution in [0.15, 0.2) is 43.1 Å². The van der Waals surface area contributed by atoms with Crippen molar-refractivity contribution in [1.82, 2.24) is 9.97 Å². The van der Waals surface area contributed by atoms with Crippen molar-refractivity contribution in [1.29, 1.82) is 0 Å². The van der Waals surface area contributed by atoms with Crippen LogP contribution >= 0.6 is 23.1 Å². The molecule has 9 heteroatoms. The number of carbonyl (C=O) groups is 1. The summed E-state index contributed by atoms with van der Waals surface area (Å²) in [6.07, 6.45) is 4.49. The molecule has 0 spiro atoms. The Balaban J connectivity index is 0.00000235. The van der Waals surface area contributed by atoms with Crippen LogP contribution in [0.4, 0.5) is 10.9 Å². The zero-order valence-corrected chi connectivity index (χ0v) is 24.3. The molecule has 3 aromatic rings. The van der Waals surface area contributed by atoms with Crippen molar-refractivity contribution >= 4 is 44.9 Å². The van der Waals surface area contributed by atoms with Gasteiger partial charge in [0.2, 0.25) is 0 Å². The van der Waals surface area contributed by atoms with Gasteiger partial charge in [-0.15, -0.1) is 23.1 Å². The lowest BCUT2D eigenvalue weighted by atomic mass is 10.0. The number of esters is 1. The largest absolute Gasteiger partial charge is 0.491 e. The third-order valence-corrected chi connectivity index (χ3v) is 6.76. The number of benzene rings is 1. The summed E-state index contributed by atoms with van der Waals surface area (Å²) < 4.78 is 15.9. The summed E-state index contributed by atoms with van der Waals surface area (Å²) >= 11 is 3.05. The fourth-order valence-electron chi connectivity index (χ4n) is 3.32. The average Bonchev–Trinajstić information content (AvgIpc) is 3.30. The predicted molar refractivity (Wildman–Crippen MR) is 156 cm³/mol. The molecule has 0 atom stereocenters. The zero-order valence-electron chi connectivity index (χ0n) is 22.7. The topological polar surface area (TPSA) is 82.6 Å². The second-order valence-corrected chi connectivity index (χ2v) is 10.1. The smallest absolute Gasteiger partial charge is 0.341 e. The molecule has 1 N–H and O–H groups in total. The minimum absolute atomic E-state index is 0.330. The molecule has 0 saturated carbocycles. The molecule has 0 radical (unpaired) electrons. The third-order valence-electron chi connectivity index (χ3n) is 5.04. The van der Waals surface area contributed by atoms with Gasteiger partial charge in [0.05, 0.1) is 19.4 Å². The number of rotatable bonds is 12. The van der Waals surface area contributed by atoms with Crippen LogP contribution < -0.4 is 10.1 Å². The molecule has 0 unspecified atom stereocenters. The van der Waals surface area contributed by atoms with E-state index in [2.05, 4.69) is 30.7 Å². The van der Waals surface area contributed by atoms with Gasteiger partial charge in [-0.25, -0.2) is 14.8 Å². The van der Waals surface area contributed by atoms with Crippen LogP contribution in [0.3, 0.4) is 0 Å². The summed E-state index contributed by atoms with van der Waals surface area (Å²) in [4.78, 5) is 23.8. The van der Waals surface area contributed by atoms with Gasteiger partial charge in [-0.05, 0) is 36.8 Å². The fourth-order valence-corrected chi connectivity index (χ4v) is 4.86. The second-order valence-electron chi connectivity index (χ2n) is 8.12. The normalized spacial score (nSPS) is 10.5. The van der Waals surface area contributed by atoms with Gasteiger partial charge in [0.25, 0.3) is 0 Å². The van der Waals surface area contributed by atoms with Gasteiger partial charge in [-0.3, -0.25) is 0 Å². The number of thiazole rings is 1. The maximum atomic E-state index is 12.5. The van der Waals surface area contributed by atoms with Crippen molar-refractivity contribution < 1.29 is 19.0 Å². The molecule has 0 bridgehead atoms. The first-order chi connectivity index (χ1) is 17.9. The van der Waals surface area contributed by atoms with Crippen LogP contribution in [0, 0.1) is 5.92 Å². The fraction of sp³-hybridized carbons (Fsp3) is 0.393. The number of hydrogen-bond acceptors (Lipinski definition) is 9. The number of methoxy groups -OCH3 is 2. The van der Waals surface area contributed by atoms with Crippen LogP contribution in [0.5, 0.6) is 5.75 Å². The third kappa shape index (κ3) is 8.59. The number of hydrogen-bond donors (Lipinski definition) is 1. The number of carbonyl (C=O) groups excluding carboxylic acids is 1. The highest BCUT2D eigenvalue weighted by molar-refractivity contribution is 8.07. The Kier molecular flexibility index (Phi) is 12.6. The maximum Gasteiger partial charge on any atom is 0.341 e. The number of pyridine rings is 1. The Morgan fingerprint density at radius 3 is 2.59 bits per heavy atom. The average molecular weight is 544 g/mol. The van der Waals surface area contributed by atoms with E-state index in [0.717, 1.165) is 38.8 Å². The number of anilines is 2. The number of thioether (sulfide) groups is 1. The highest BCUT2D eigenvalue weighted by atomic mass is 32.2. The standard InChI is InChI=1S/C26H31N3O4S2.C2H6/c1-16(2)12-22-23(18-8-7-9-20(13-18)33-11-10-31-4)28-26(35-22)29-24-21(25(30)32-5)14-19(15-27-24)17(3)34-6;1-2/h7-9,13-16H,3,10-12H2,1-2,4-6H3,(H,27,28,29);1-2H3. The van der Waals surface area contributed by atoms with Crippen LogP contribution in [0.1, 0.15) is 48.5 Å². The first kappa shape index (κ1) is 30.3. The Bertz CT molecular complexity index is 1180. The molecule has 0 amide bonds. The van der Waals surface area contributed by atoms with Crippen molar-refractivity contribution in [3.05, 3.63) is 59.1 Å². The molecule has 0 fully saturated rings. The monoisotopic (exact) mass is 543 g/mol. The minimum Gasteiger partial charge on any atom is -0.491 e. The molecule has 1 aromatic carbocycles. The predicted octanol–water partition coefficient (Wildman–Crippen LogP) is 7.32. The van der Waals surface area contributed by atoms with Gasteiger partial charge in [0.15, 0.2) is 5.13 Å². The molecule has 200 valence electrons. The van der Waals surface area contributed by atoms with E-state index in [1.165, 1.54) is 18.9 Å². The van der Waals surface area contributed by atoms with E-state index in [1.807, 2.05) is 44.4 Å². The summed E-state index contributed by atoms with van der Waals surface area (Å²) in [7, 11) is 3.00. The van der Waals surface area contributed by atoms with Gasteiger partial charge in [0, 0.05) is 34.2 Å². The molecule has 2 heterocycles. The van der Waals surface area contributed by atoms with Gasteiger partial charge >= 0.3 is 5.97 Å². The molecule has 0 aliphatic rings. The van der Waals surface area contributed by atoms with Gasteiger partial charge < -0.3 is 19.5 Å². The summed E-state index contributed by atoms with van der Waals surface area (Å²) in [5.41, 5.74) is 2.95. The summed E-state index contributed by atoms with van der Waals surface area (Å²) in [6, 6.07) is 9.62. The van der Waals surface area contributed by atoms with Crippen LogP contribution in [-0.4, -0.2) is 49.6 Å². The van der Waals surface area contributed by atoms with Crippen molar-refractivity contribution in [3.8, 4) is 17.0 Å². The number of nitrogens with one attached hydrogen (secondary N) is 1. The lowest BCUT2D eigenvalue weighted by molar-refractivity contribution is 0.0601. The van der Waals surface area contributed by atoms with Crippen LogP contribution in [-0.2, 0) is 15.9 Å². The van der Waals surface area contributed by atoms with E-state index in [9.17, 15) is 4.79 Å². The Hall–Kier alpha value is -2.88. The van der Waals surface area contributed by atoms with Crippen molar-refractivity contribution in [2.75, 3.05) is 39.0 Å². The van der Waals surface area contributed by atoms with Crippen molar-refractivity contribution in [2.24, 2.45) is 5.92 Å². The second kappa shape index (κ2) is 15.4. The van der Waals surface area contributed by atoms with Gasteiger partial charge in [-0.2, -0.15) is 0 Å². The number of nitrogens with zero attached hydrogens (tertiary/aromatic N) is 2. The van der Waals surface area contributed by atoms with Crippen LogP contribution in [0.25, 0.3) is 16.2 Å². The van der Waals surface area contributed by atoms with E-state index < -0.39 is 5.97 Å². The lowest BCUT2D eigenvalue weighted by Crippen LogP contribution is -2.08. The van der Waals surface area contributed by atoms with Gasteiger partial charge in [0.1, 0.15) is 23.7 Å². The van der Waals surface area contributed by atoms with Crippen molar-refractivity contribution in [2.45, 2.75) is 34.1 Å². The molecule has 0 aliphatic heterocycles. The number of aromatic nitrogens is 2. The van der Waals surface area contributed by atoms with E-state index in [-0.39, 0.29) is 0 Å². The lowest BCUT2D eigenvalue weighted by Gasteiger charge is -2.10. The minimum atomic E-state index is -0.476. The van der Waals surface area contributed by atoms with E-state index >= 15 is 0 Å². The van der Waals surface area contributed by atoms with Crippen LogP contribution in [0.2, 0.25) is 0 Å².